The third-order valence-electron chi connectivity index (χ3n) is 3.09. The van der Waals surface area contributed by atoms with Gasteiger partial charge in [0.25, 0.3) is 0 Å². The lowest BCUT2D eigenvalue weighted by molar-refractivity contribution is -0.160. The van der Waals surface area contributed by atoms with E-state index in [0.717, 1.165) is 0 Å². The van der Waals surface area contributed by atoms with Crippen LogP contribution in [0.25, 0.3) is 0 Å². The second-order valence-electron chi connectivity index (χ2n) is 4.28. The smallest absolute Gasteiger partial charge is 0.404 e. The number of amides is 1. The van der Waals surface area contributed by atoms with Gasteiger partial charge in [-0.2, -0.15) is 13.2 Å². The molecule has 98 valence electrons. The molecule has 1 fully saturated rings. The molecule has 7 heteroatoms. The number of nitrogens with one attached hydrogen (secondary N) is 1. The van der Waals surface area contributed by atoms with Gasteiger partial charge in [-0.15, -0.1) is 0 Å². The second-order valence-corrected chi connectivity index (χ2v) is 4.28. The van der Waals surface area contributed by atoms with Gasteiger partial charge < -0.3 is 10.4 Å². The van der Waals surface area contributed by atoms with E-state index in [-0.39, 0.29) is 24.9 Å². The molecule has 0 radical (unpaired) electrons. The molecule has 1 aliphatic carbocycles. The van der Waals surface area contributed by atoms with Gasteiger partial charge in [0.2, 0.25) is 0 Å². The van der Waals surface area contributed by atoms with Gasteiger partial charge in [-0.25, -0.2) is 4.79 Å². The minimum absolute atomic E-state index is 0.0192. The van der Waals surface area contributed by atoms with Gasteiger partial charge in [-0.3, -0.25) is 4.98 Å². The minimum atomic E-state index is -4.25. The number of pyridine rings is 1. The van der Waals surface area contributed by atoms with Crippen molar-refractivity contribution < 1.29 is 23.1 Å². The number of aromatic nitrogens is 1. The third-order valence-corrected chi connectivity index (χ3v) is 3.09. The van der Waals surface area contributed by atoms with Gasteiger partial charge in [-0.1, -0.05) is 6.07 Å². The second kappa shape index (κ2) is 4.15. The van der Waals surface area contributed by atoms with Crippen LogP contribution < -0.4 is 5.32 Å². The highest BCUT2D eigenvalue weighted by Gasteiger charge is 2.64. The SMILES string of the molecule is O=C(O)NCc1ccc(C2(C(F)(F)F)CC2)cn1. The summed E-state index contributed by atoms with van der Waals surface area (Å²) in [5, 5.41) is 10.5. The standard InChI is InChI=1S/C11H11F3N2O2/c12-11(13,14)10(3-4-10)7-1-2-8(15-5-7)6-16-9(17)18/h1-2,5,16H,3-4,6H2,(H,17,18). The van der Waals surface area contributed by atoms with Crippen molar-refractivity contribution in [3.63, 3.8) is 0 Å². The van der Waals surface area contributed by atoms with Crippen LogP contribution in [0.3, 0.4) is 0 Å². The molecular weight excluding hydrogens is 249 g/mol. The monoisotopic (exact) mass is 260 g/mol. The van der Waals surface area contributed by atoms with Gasteiger partial charge in [-0.05, 0) is 24.5 Å². The summed E-state index contributed by atoms with van der Waals surface area (Å²) in [5.41, 5.74) is -1.20. The van der Waals surface area contributed by atoms with Crippen LogP contribution in [0.5, 0.6) is 0 Å². The first-order valence-electron chi connectivity index (χ1n) is 5.34. The van der Waals surface area contributed by atoms with Gasteiger partial charge in [0.15, 0.2) is 0 Å². The first kappa shape index (κ1) is 12.7. The van der Waals surface area contributed by atoms with Crippen LogP contribution >= 0.6 is 0 Å². The minimum Gasteiger partial charge on any atom is -0.465 e. The predicted molar refractivity (Wildman–Crippen MR) is 56.1 cm³/mol. The van der Waals surface area contributed by atoms with E-state index in [1.54, 1.807) is 0 Å². The number of carbonyl (C=O) groups is 1. The molecule has 1 saturated carbocycles. The van der Waals surface area contributed by atoms with Crippen molar-refractivity contribution in [2.75, 3.05) is 0 Å². The molecule has 2 rings (SSSR count). The maximum atomic E-state index is 12.8. The fourth-order valence-electron chi connectivity index (χ4n) is 1.84. The van der Waals surface area contributed by atoms with E-state index < -0.39 is 17.7 Å². The Morgan fingerprint density at radius 2 is 2.11 bits per heavy atom. The van der Waals surface area contributed by atoms with E-state index in [1.165, 1.54) is 18.3 Å². The summed E-state index contributed by atoms with van der Waals surface area (Å²) in [6.07, 6.45) is -4.10. The van der Waals surface area contributed by atoms with Crippen molar-refractivity contribution in [1.29, 1.82) is 0 Å². The van der Waals surface area contributed by atoms with Crippen molar-refractivity contribution >= 4 is 6.09 Å². The van der Waals surface area contributed by atoms with Crippen molar-refractivity contribution in [1.82, 2.24) is 10.3 Å². The molecule has 0 saturated heterocycles. The Hall–Kier alpha value is -1.79. The molecule has 0 aliphatic heterocycles. The summed E-state index contributed by atoms with van der Waals surface area (Å²) < 4.78 is 38.5. The molecule has 1 aromatic rings. The fourth-order valence-corrected chi connectivity index (χ4v) is 1.84. The number of nitrogens with zero attached hydrogens (tertiary/aromatic N) is 1. The van der Waals surface area contributed by atoms with E-state index in [4.69, 9.17) is 5.11 Å². The molecule has 0 bridgehead atoms. The lowest BCUT2D eigenvalue weighted by atomic mass is 9.97. The number of hydrogen-bond donors (Lipinski definition) is 2. The molecule has 0 unspecified atom stereocenters. The van der Waals surface area contributed by atoms with Crippen molar-refractivity contribution in [2.45, 2.75) is 31.0 Å². The van der Waals surface area contributed by atoms with Crippen LogP contribution in [-0.4, -0.2) is 22.4 Å². The van der Waals surface area contributed by atoms with Crippen LogP contribution in [0.2, 0.25) is 0 Å². The van der Waals surface area contributed by atoms with Crippen molar-refractivity contribution in [2.24, 2.45) is 0 Å². The van der Waals surface area contributed by atoms with Crippen LogP contribution in [0.4, 0.5) is 18.0 Å². The molecule has 1 aromatic heterocycles. The topological polar surface area (TPSA) is 62.2 Å². The largest absolute Gasteiger partial charge is 0.465 e. The van der Waals surface area contributed by atoms with Crippen LogP contribution in [-0.2, 0) is 12.0 Å². The summed E-state index contributed by atoms with van der Waals surface area (Å²) in [5.74, 6) is 0. The maximum absolute atomic E-state index is 12.8. The van der Waals surface area contributed by atoms with E-state index in [9.17, 15) is 18.0 Å². The molecule has 1 heterocycles. The Morgan fingerprint density at radius 3 is 2.50 bits per heavy atom. The zero-order valence-electron chi connectivity index (χ0n) is 9.29. The number of hydrogen-bond acceptors (Lipinski definition) is 2. The lowest BCUT2D eigenvalue weighted by Gasteiger charge is -2.19. The fraction of sp³-hybridized carbons (Fsp3) is 0.455. The molecule has 0 spiro atoms. The maximum Gasteiger partial charge on any atom is 0.404 e. The van der Waals surface area contributed by atoms with E-state index in [2.05, 4.69) is 10.3 Å². The Labute approximate surface area is 101 Å². The molecular formula is C11H11F3N2O2. The Morgan fingerprint density at radius 1 is 1.44 bits per heavy atom. The Kier molecular flexibility index (Phi) is 2.92. The zero-order valence-corrected chi connectivity index (χ0v) is 9.29. The number of alkyl halides is 3. The van der Waals surface area contributed by atoms with Crippen LogP contribution in [0.1, 0.15) is 24.1 Å². The van der Waals surface area contributed by atoms with Crippen molar-refractivity contribution in [3.05, 3.63) is 29.6 Å². The molecule has 2 N–H and O–H groups in total. The molecule has 0 aromatic carbocycles. The predicted octanol–water partition coefficient (Wildman–Crippen LogP) is 2.44. The third kappa shape index (κ3) is 2.25. The molecule has 4 nitrogen and oxygen atoms in total. The summed E-state index contributed by atoms with van der Waals surface area (Å²) in [7, 11) is 0. The number of carboxylic acid groups (broad SMARTS) is 1. The molecule has 1 amide bonds. The van der Waals surface area contributed by atoms with Gasteiger partial charge in [0.1, 0.15) is 0 Å². The molecule has 0 atom stereocenters. The quantitative estimate of drug-likeness (QED) is 0.877. The molecule has 1 aliphatic rings. The van der Waals surface area contributed by atoms with Gasteiger partial charge >= 0.3 is 12.3 Å². The highest BCUT2D eigenvalue weighted by Crippen LogP contribution is 2.58. The summed E-state index contributed by atoms with van der Waals surface area (Å²) in [6, 6.07) is 2.78. The summed E-state index contributed by atoms with van der Waals surface area (Å²) in [4.78, 5) is 14.1. The first-order chi connectivity index (χ1) is 8.35. The summed E-state index contributed by atoms with van der Waals surface area (Å²) >= 11 is 0. The highest BCUT2D eigenvalue weighted by atomic mass is 19.4. The van der Waals surface area contributed by atoms with Crippen LogP contribution in [0.15, 0.2) is 18.3 Å². The summed E-state index contributed by atoms with van der Waals surface area (Å²) in [6.45, 7) is -0.0192. The number of halogens is 3. The van der Waals surface area contributed by atoms with Gasteiger partial charge in [0.05, 0.1) is 17.7 Å². The Bertz CT molecular complexity index is 452. The average molecular weight is 260 g/mol. The average Bonchev–Trinajstić information content (AvgIpc) is 3.07. The Balaban J connectivity index is 2.11. The lowest BCUT2D eigenvalue weighted by Crippen LogP contribution is -2.29. The zero-order chi connectivity index (χ0) is 13.4. The van der Waals surface area contributed by atoms with Gasteiger partial charge in [0, 0.05) is 6.20 Å². The number of rotatable bonds is 3. The van der Waals surface area contributed by atoms with Crippen molar-refractivity contribution in [3.8, 4) is 0 Å². The van der Waals surface area contributed by atoms with E-state index in [0.29, 0.717) is 5.69 Å². The first-order valence-corrected chi connectivity index (χ1v) is 5.34. The molecule has 18 heavy (non-hydrogen) atoms. The normalized spacial score (nSPS) is 17.3. The highest BCUT2D eigenvalue weighted by molar-refractivity contribution is 5.64. The van der Waals surface area contributed by atoms with E-state index >= 15 is 0 Å². The van der Waals surface area contributed by atoms with E-state index in [1.807, 2.05) is 0 Å². The van der Waals surface area contributed by atoms with Crippen LogP contribution in [0, 0.1) is 0 Å².